The Hall–Kier alpha value is -1.06. The van der Waals surface area contributed by atoms with Gasteiger partial charge in [-0.2, -0.15) is 0 Å². The molecule has 0 unspecified atom stereocenters. The molecule has 92 valence electrons. The van der Waals surface area contributed by atoms with Crippen molar-refractivity contribution in [3.63, 3.8) is 0 Å². The summed E-state index contributed by atoms with van der Waals surface area (Å²) in [6, 6.07) is 5.51. The summed E-state index contributed by atoms with van der Waals surface area (Å²) in [5.41, 5.74) is 0. The van der Waals surface area contributed by atoms with Gasteiger partial charge in [0.1, 0.15) is 5.76 Å². The first kappa shape index (κ1) is 11.1. The second-order valence-corrected chi connectivity index (χ2v) is 5.05. The van der Waals surface area contributed by atoms with E-state index in [4.69, 9.17) is 4.42 Å². The fourth-order valence-corrected chi connectivity index (χ4v) is 3.36. The van der Waals surface area contributed by atoms with E-state index in [2.05, 4.69) is 22.4 Å². The quantitative estimate of drug-likeness (QED) is 0.741. The van der Waals surface area contributed by atoms with Gasteiger partial charge in [0.25, 0.3) is 0 Å². The second kappa shape index (κ2) is 4.67. The molecule has 3 rings (SSSR count). The summed E-state index contributed by atoms with van der Waals surface area (Å²) in [7, 11) is 0. The van der Waals surface area contributed by atoms with Crippen LogP contribution in [0, 0.1) is 0 Å². The Labute approximate surface area is 103 Å². The lowest BCUT2D eigenvalue weighted by atomic mass is 10.1. The van der Waals surface area contributed by atoms with E-state index >= 15 is 0 Å². The molecular weight excluding hydrogens is 212 g/mol. The van der Waals surface area contributed by atoms with Crippen LogP contribution in [0.3, 0.4) is 0 Å². The number of fused-ring (bicyclic) bond motifs is 1. The van der Waals surface area contributed by atoms with Gasteiger partial charge in [-0.3, -0.25) is 9.80 Å². The van der Waals surface area contributed by atoms with Crippen molar-refractivity contribution in [2.24, 2.45) is 0 Å². The molecule has 0 aliphatic carbocycles. The summed E-state index contributed by atoms with van der Waals surface area (Å²) in [6.07, 6.45) is 6.37. The van der Waals surface area contributed by atoms with Gasteiger partial charge in [0.2, 0.25) is 0 Å². The van der Waals surface area contributed by atoms with Crippen molar-refractivity contribution in [3.05, 3.63) is 36.8 Å². The average Bonchev–Trinajstić information content (AvgIpc) is 3.00. The summed E-state index contributed by atoms with van der Waals surface area (Å²) < 4.78 is 5.45. The summed E-state index contributed by atoms with van der Waals surface area (Å²) in [4.78, 5) is 5.15. The van der Waals surface area contributed by atoms with Crippen LogP contribution in [-0.2, 0) is 6.54 Å². The Morgan fingerprint density at radius 3 is 2.76 bits per heavy atom. The molecular formula is C14H20N2O. The largest absolute Gasteiger partial charge is 0.468 e. The molecule has 0 N–H and O–H groups in total. The number of likely N-dealkylation sites (tertiary alicyclic amines) is 2. The highest BCUT2D eigenvalue weighted by molar-refractivity contribution is 5.04. The van der Waals surface area contributed by atoms with Crippen LogP contribution in [-0.4, -0.2) is 41.5 Å². The van der Waals surface area contributed by atoms with Crippen molar-refractivity contribution < 1.29 is 4.42 Å². The van der Waals surface area contributed by atoms with E-state index in [0.29, 0.717) is 0 Å². The molecule has 0 amide bonds. The van der Waals surface area contributed by atoms with Crippen LogP contribution in [0.25, 0.3) is 0 Å². The Balaban J connectivity index is 1.64. The van der Waals surface area contributed by atoms with Gasteiger partial charge in [-0.15, -0.1) is 6.58 Å². The molecule has 0 saturated carbocycles. The van der Waals surface area contributed by atoms with Gasteiger partial charge < -0.3 is 4.42 Å². The number of hydrogen-bond donors (Lipinski definition) is 0. The third-order valence-corrected chi connectivity index (χ3v) is 4.11. The van der Waals surface area contributed by atoms with Gasteiger partial charge in [0.15, 0.2) is 0 Å². The molecule has 2 saturated heterocycles. The van der Waals surface area contributed by atoms with Crippen molar-refractivity contribution in [1.29, 1.82) is 0 Å². The van der Waals surface area contributed by atoms with Crippen molar-refractivity contribution >= 4 is 0 Å². The van der Waals surface area contributed by atoms with Gasteiger partial charge in [-0.25, -0.2) is 0 Å². The Kier molecular flexibility index (Phi) is 3.04. The maximum absolute atomic E-state index is 5.45. The highest BCUT2D eigenvalue weighted by Gasteiger charge is 2.41. The summed E-state index contributed by atoms with van der Waals surface area (Å²) in [5, 5.41) is 0. The number of rotatable bonds is 4. The Morgan fingerprint density at radius 2 is 2.06 bits per heavy atom. The maximum Gasteiger partial charge on any atom is 0.117 e. The molecule has 3 heterocycles. The second-order valence-electron chi connectivity index (χ2n) is 5.05. The zero-order valence-electron chi connectivity index (χ0n) is 10.2. The lowest BCUT2D eigenvalue weighted by Crippen LogP contribution is -2.36. The molecule has 0 radical (unpaired) electrons. The van der Waals surface area contributed by atoms with Crippen LogP contribution in [0.15, 0.2) is 35.5 Å². The predicted molar refractivity (Wildman–Crippen MR) is 67.7 cm³/mol. The van der Waals surface area contributed by atoms with Crippen LogP contribution in [0.5, 0.6) is 0 Å². The van der Waals surface area contributed by atoms with Gasteiger partial charge >= 0.3 is 0 Å². The monoisotopic (exact) mass is 232 g/mol. The SMILES string of the molecule is C=CCN1CC[C@@H]2[C@@H]1CCN2Cc1ccco1. The van der Waals surface area contributed by atoms with E-state index < -0.39 is 0 Å². The van der Waals surface area contributed by atoms with Crippen LogP contribution in [0.1, 0.15) is 18.6 Å². The van der Waals surface area contributed by atoms with Crippen molar-refractivity contribution in [2.75, 3.05) is 19.6 Å². The first-order valence-corrected chi connectivity index (χ1v) is 6.50. The molecule has 2 aliphatic rings. The lowest BCUT2D eigenvalue weighted by Gasteiger charge is -2.24. The summed E-state index contributed by atoms with van der Waals surface area (Å²) in [6.45, 7) is 8.27. The van der Waals surface area contributed by atoms with E-state index in [1.54, 1.807) is 6.26 Å². The highest BCUT2D eigenvalue weighted by Crippen LogP contribution is 2.32. The number of hydrogen-bond acceptors (Lipinski definition) is 3. The third kappa shape index (κ3) is 2.05. The van der Waals surface area contributed by atoms with E-state index in [1.807, 2.05) is 12.1 Å². The zero-order valence-corrected chi connectivity index (χ0v) is 10.2. The molecule has 17 heavy (non-hydrogen) atoms. The third-order valence-electron chi connectivity index (χ3n) is 4.11. The average molecular weight is 232 g/mol. The minimum atomic E-state index is 0.722. The van der Waals surface area contributed by atoms with E-state index in [0.717, 1.165) is 30.9 Å². The molecule has 0 bridgehead atoms. The van der Waals surface area contributed by atoms with Crippen molar-refractivity contribution in [2.45, 2.75) is 31.5 Å². The normalized spacial score (nSPS) is 29.6. The lowest BCUT2D eigenvalue weighted by molar-refractivity contribution is 0.212. The molecule has 2 fully saturated rings. The molecule has 0 spiro atoms. The van der Waals surface area contributed by atoms with Crippen molar-refractivity contribution in [1.82, 2.24) is 9.80 Å². The standard InChI is InChI=1S/C14H20N2O/c1-2-7-15-8-5-14-13(15)6-9-16(14)11-12-4-3-10-17-12/h2-4,10,13-14H,1,5-9,11H2/t13-,14+/m0/s1. The Bertz CT molecular complexity index is 374. The predicted octanol–water partition coefficient (Wildman–Crippen LogP) is 2.11. The molecule has 0 aromatic carbocycles. The molecule has 3 heteroatoms. The van der Waals surface area contributed by atoms with Gasteiger partial charge in [0, 0.05) is 31.7 Å². The summed E-state index contributed by atoms with van der Waals surface area (Å²) >= 11 is 0. The number of furan rings is 1. The van der Waals surface area contributed by atoms with Gasteiger partial charge in [-0.05, 0) is 25.0 Å². The smallest absolute Gasteiger partial charge is 0.117 e. The number of nitrogens with zero attached hydrogens (tertiary/aromatic N) is 2. The molecule has 3 nitrogen and oxygen atoms in total. The van der Waals surface area contributed by atoms with E-state index in [-0.39, 0.29) is 0 Å². The summed E-state index contributed by atoms with van der Waals surface area (Å²) in [5.74, 6) is 1.09. The topological polar surface area (TPSA) is 19.6 Å². The van der Waals surface area contributed by atoms with Crippen molar-refractivity contribution in [3.8, 4) is 0 Å². The molecule has 1 aromatic heterocycles. The van der Waals surface area contributed by atoms with Crippen LogP contribution < -0.4 is 0 Å². The van der Waals surface area contributed by atoms with Crippen LogP contribution in [0.2, 0.25) is 0 Å². The minimum Gasteiger partial charge on any atom is -0.468 e. The fourth-order valence-electron chi connectivity index (χ4n) is 3.36. The van der Waals surface area contributed by atoms with Crippen LogP contribution >= 0.6 is 0 Å². The highest BCUT2D eigenvalue weighted by atomic mass is 16.3. The fraction of sp³-hybridized carbons (Fsp3) is 0.571. The zero-order chi connectivity index (χ0) is 11.7. The van der Waals surface area contributed by atoms with E-state index in [9.17, 15) is 0 Å². The van der Waals surface area contributed by atoms with Crippen LogP contribution in [0.4, 0.5) is 0 Å². The first-order chi connectivity index (χ1) is 8.38. The van der Waals surface area contributed by atoms with Gasteiger partial charge in [-0.1, -0.05) is 6.08 Å². The Morgan fingerprint density at radius 1 is 1.29 bits per heavy atom. The molecule has 1 aromatic rings. The molecule has 2 aliphatic heterocycles. The first-order valence-electron chi connectivity index (χ1n) is 6.50. The minimum absolute atomic E-state index is 0.722. The maximum atomic E-state index is 5.45. The van der Waals surface area contributed by atoms with Gasteiger partial charge in [0.05, 0.1) is 12.8 Å². The molecule has 2 atom stereocenters. The van der Waals surface area contributed by atoms with E-state index in [1.165, 1.54) is 25.9 Å².